The Balaban J connectivity index is 2.31. The molecule has 0 radical (unpaired) electrons. The van der Waals surface area contributed by atoms with E-state index in [1.165, 1.54) is 0 Å². The second-order valence-electron chi connectivity index (χ2n) is 3.42. The van der Waals surface area contributed by atoms with Gasteiger partial charge in [0.1, 0.15) is 0 Å². The van der Waals surface area contributed by atoms with Crippen LogP contribution in [-0.2, 0) is 11.2 Å². The Kier molecular flexibility index (Phi) is 5.83. The van der Waals surface area contributed by atoms with Crippen molar-refractivity contribution in [3.63, 3.8) is 0 Å². The maximum atomic E-state index is 5.95. The minimum absolute atomic E-state index is 0.130. The van der Waals surface area contributed by atoms with Gasteiger partial charge in [-0.25, -0.2) is 0 Å². The number of hydrogen-bond donors (Lipinski definition) is 1. The Morgan fingerprint density at radius 2 is 2.33 bits per heavy atom. The lowest BCUT2D eigenvalue weighted by Crippen LogP contribution is -2.25. The molecule has 84 valence electrons. The third-order valence-corrected chi connectivity index (χ3v) is 2.57. The van der Waals surface area contributed by atoms with Crippen molar-refractivity contribution in [3.05, 3.63) is 28.5 Å². The summed E-state index contributed by atoms with van der Waals surface area (Å²) < 4.78 is 6.25. The van der Waals surface area contributed by atoms with Crippen LogP contribution in [0.25, 0.3) is 0 Å². The Labute approximate surface area is 99.2 Å². The molecule has 3 nitrogen and oxygen atoms in total. The van der Waals surface area contributed by atoms with Crippen LogP contribution < -0.4 is 5.73 Å². The van der Waals surface area contributed by atoms with Crippen LogP contribution in [0.15, 0.2) is 22.8 Å². The Hall–Kier alpha value is -0.450. The summed E-state index contributed by atoms with van der Waals surface area (Å²) in [5.41, 5.74) is 6.98. The quantitative estimate of drug-likeness (QED) is 0.808. The van der Waals surface area contributed by atoms with E-state index in [4.69, 9.17) is 10.5 Å². The Morgan fingerprint density at radius 1 is 1.53 bits per heavy atom. The highest BCUT2D eigenvalue weighted by atomic mass is 79.9. The van der Waals surface area contributed by atoms with Gasteiger partial charge in [0, 0.05) is 42.0 Å². The van der Waals surface area contributed by atoms with Crippen LogP contribution in [0.3, 0.4) is 0 Å². The van der Waals surface area contributed by atoms with E-state index in [1.807, 2.05) is 19.1 Å². The van der Waals surface area contributed by atoms with Gasteiger partial charge < -0.3 is 10.5 Å². The molecule has 1 atom stereocenters. The average Bonchev–Trinajstić information content (AvgIpc) is 2.22. The zero-order valence-corrected chi connectivity index (χ0v) is 10.5. The molecular weight excluding hydrogens is 256 g/mol. The second-order valence-corrected chi connectivity index (χ2v) is 4.33. The third kappa shape index (κ3) is 5.25. The summed E-state index contributed by atoms with van der Waals surface area (Å²) in [6.07, 6.45) is 3.48. The molecule has 0 aliphatic heterocycles. The Morgan fingerprint density at radius 3 is 2.93 bits per heavy atom. The lowest BCUT2D eigenvalue weighted by molar-refractivity contribution is 0.140. The van der Waals surface area contributed by atoms with Crippen LogP contribution in [0, 0.1) is 0 Å². The summed E-state index contributed by atoms with van der Waals surface area (Å²) in [4.78, 5) is 4.28. The molecule has 1 unspecified atom stereocenters. The Bertz CT molecular complexity index is 276. The smallest absolute Gasteiger partial charge is 0.0480 e. The van der Waals surface area contributed by atoms with Gasteiger partial charge in [0.25, 0.3) is 0 Å². The van der Waals surface area contributed by atoms with Gasteiger partial charge in [0.05, 0.1) is 0 Å². The predicted octanol–water partition coefficient (Wildman–Crippen LogP) is 2.14. The summed E-state index contributed by atoms with van der Waals surface area (Å²) >= 11 is 3.35. The van der Waals surface area contributed by atoms with Crippen molar-refractivity contribution in [3.8, 4) is 0 Å². The van der Waals surface area contributed by atoms with Crippen LogP contribution in [0.4, 0.5) is 0 Å². The highest BCUT2D eigenvalue weighted by Crippen LogP contribution is 2.09. The van der Waals surface area contributed by atoms with Crippen molar-refractivity contribution in [2.45, 2.75) is 25.8 Å². The number of aromatic nitrogens is 1. The largest absolute Gasteiger partial charge is 0.382 e. The van der Waals surface area contributed by atoms with Crippen molar-refractivity contribution >= 4 is 15.9 Å². The molecule has 0 saturated heterocycles. The van der Waals surface area contributed by atoms with Gasteiger partial charge in [-0.1, -0.05) is 0 Å². The summed E-state index contributed by atoms with van der Waals surface area (Å²) in [6.45, 7) is 3.47. The van der Waals surface area contributed by atoms with Crippen molar-refractivity contribution in [1.82, 2.24) is 4.98 Å². The molecule has 2 N–H and O–H groups in total. The zero-order chi connectivity index (χ0) is 11.1. The number of ether oxygens (including phenoxy) is 1. The number of pyridine rings is 1. The van der Waals surface area contributed by atoms with Crippen molar-refractivity contribution in [2.75, 3.05) is 13.2 Å². The van der Waals surface area contributed by atoms with Gasteiger partial charge in [-0.2, -0.15) is 0 Å². The molecule has 0 fully saturated rings. The molecule has 0 amide bonds. The fourth-order valence-electron chi connectivity index (χ4n) is 1.28. The number of halogens is 1. The summed E-state index contributed by atoms with van der Waals surface area (Å²) in [5.74, 6) is 0. The summed E-state index contributed by atoms with van der Waals surface area (Å²) in [6, 6.07) is 4.10. The van der Waals surface area contributed by atoms with Crippen LogP contribution >= 0.6 is 15.9 Å². The average molecular weight is 273 g/mol. The number of hydrogen-bond acceptors (Lipinski definition) is 3. The molecule has 0 aliphatic carbocycles. The number of rotatable bonds is 6. The van der Waals surface area contributed by atoms with Crippen molar-refractivity contribution in [2.24, 2.45) is 5.73 Å². The fraction of sp³-hybridized carbons (Fsp3) is 0.545. The summed E-state index contributed by atoms with van der Waals surface area (Å²) in [5, 5.41) is 0. The topological polar surface area (TPSA) is 48.1 Å². The minimum atomic E-state index is 0.130. The molecule has 0 bridgehead atoms. The fourth-order valence-corrected chi connectivity index (χ4v) is 1.51. The summed E-state index contributed by atoms with van der Waals surface area (Å²) in [7, 11) is 0. The molecule has 1 aromatic rings. The van der Waals surface area contributed by atoms with E-state index in [-0.39, 0.29) is 6.04 Å². The van der Waals surface area contributed by atoms with Gasteiger partial charge in [0.2, 0.25) is 0 Å². The first-order chi connectivity index (χ1) is 7.22. The van der Waals surface area contributed by atoms with Crippen molar-refractivity contribution in [1.29, 1.82) is 0 Å². The molecule has 0 aromatic carbocycles. The highest BCUT2D eigenvalue weighted by Gasteiger charge is 2.04. The first kappa shape index (κ1) is 12.6. The van der Waals surface area contributed by atoms with E-state index < -0.39 is 0 Å². The zero-order valence-electron chi connectivity index (χ0n) is 8.95. The molecule has 15 heavy (non-hydrogen) atoms. The number of nitrogens with zero attached hydrogens (tertiary/aromatic N) is 1. The lowest BCUT2D eigenvalue weighted by Gasteiger charge is -2.10. The minimum Gasteiger partial charge on any atom is -0.382 e. The van der Waals surface area contributed by atoms with E-state index in [2.05, 4.69) is 20.9 Å². The van der Waals surface area contributed by atoms with Gasteiger partial charge in [-0.3, -0.25) is 4.98 Å². The van der Waals surface area contributed by atoms with Gasteiger partial charge in [0.15, 0.2) is 0 Å². The van der Waals surface area contributed by atoms with Gasteiger partial charge in [-0.05, 0) is 41.4 Å². The molecule has 1 heterocycles. The number of nitrogens with two attached hydrogens (primary N) is 1. The van der Waals surface area contributed by atoms with Crippen LogP contribution in [0.5, 0.6) is 0 Å². The molecule has 0 spiro atoms. The van der Waals surface area contributed by atoms with Crippen LogP contribution in [0.2, 0.25) is 0 Å². The maximum absolute atomic E-state index is 5.95. The molecule has 0 saturated carbocycles. The highest BCUT2D eigenvalue weighted by molar-refractivity contribution is 9.10. The van der Waals surface area contributed by atoms with E-state index in [0.717, 1.165) is 36.2 Å². The van der Waals surface area contributed by atoms with E-state index in [1.54, 1.807) is 6.20 Å². The van der Waals surface area contributed by atoms with E-state index in [9.17, 15) is 0 Å². The molecule has 1 aromatic heterocycles. The van der Waals surface area contributed by atoms with E-state index in [0.29, 0.717) is 0 Å². The van der Waals surface area contributed by atoms with Gasteiger partial charge in [-0.15, -0.1) is 0 Å². The molecule has 0 aliphatic rings. The third-order valence-electron chi connectivity index (χ3n) is 2.10. The first-order valence-electron chi connectivity index (χ1n) is 5.16. The molecular formula is C11H17BrN2O. The van der Waals surface area contributed by atoms with Crippen molar-refractivity contribution < 1.29 is 4.74 Å². The predicted molar refractivity (Wildman–Crippen MR) is 64.7 cm³/mol. The monoisotopic (exact) mass is 272 g/mol. The van der Waals surface area contributed by atoms with E-state index >= 15 is 0 Å². The normalized spacial score (nSPS) is 12.7. The van der Waals surface area contributed by atoms with Crippen LogP contribution in [-0.4, -0.2) is 24.2 Å². The first-order valence-corrected chi connectivity index (χ1v) is 5.95. The lowest BCUT2D eigenvalue weighted by atomic mass is 10.1. The standard InChI is InChI=1S/C11H17BrN2O/c1-2-15-6-5-10(13)7-11-4-3-9(12)8-14-11/h3-4,8,10H,2,5-7,13H2,1H3. The maximum Gasteiger partial charge on any atom is 0.0480 e. The van der Waals surface area contributed by atoms with Gasteiger partial charge >= 0.3 is 0 Å². The van der Waals surface area contributed by atoms with Crippen LogP contribution in [0.1, 0.15) is 19.0 Å². The SMILES string of the molecule is CCOCCC(N)Cc1ccc(Br)cn1. The second kappa shape index (κ2) is 6.93. The molecule has 1 rings (SSSR count). The molecule has 4 heteroatoms.